The van der Waals surface area contributed by atoms with Gasteiger partial charge in [-0.15, -0.1) is 11.8 Å². The van der Waals surface area contributed by atoms with Gasteiger partial charge in [0.1, 0.15) is 6.04 Å². The van der Waals surface area contributed by atoms with Gasteiger partial charge < -0.3 is 15.0 Å². The fourth-order valence-electron chi connectivity index (χ4n) is 3.27. The summed E-state index contributed by atoms with van der Waals surface area (Å²) in [6.45, 7) is 2.15. The minimum Gasteiger partial charge on any atom is -0.454 e. The quantitative estimate of drug-likeness (QED) is 0.773. The molecule has 0 aliphatic carbocycles. The first kappa shape index (κ1) is 17.8. The normalized spacial score (nSPS) is 24.9. The molecule has 1 aromatic carbocycles. The van der Waals surface area contributed by atoms with Crippen LogP contribution in [0, 0.1) is 0 Å². The summed E-state index contributed by atoms with van der Waals surface area (Å²) in [5.74, 6) is -0.312. The zero-order valence-electron chi connectivity index (χ0n) is 14.2. The summed E-state index contributed by atoms with van der Waals surface area (Å²) >= 11 is 1.60. The highest BCUT2D eigenvalue weighted by atomic mass is 32.2. The number of hydrogen-bond donors (Lipinski definition) is 1. The third kappa shape index (κ3) is 3.98. The van der Waals surface area contributed by atoms with E-state index in [0.717, 1.165) is 18.4 Å². The Labute approximate surface area is 151 Å². The maximum absolute atomic E-state index is 12.3. The number of nitrogens with zero attached hydrogens (tertiary/aromatic N) is 1. The van der Waals surface area contributed by atoms with E-state index in [9.17, 15) is 14.4 Å². The first-order chi connectivity index (χ1) is 12.0. The number of rotatable bonds is 6. The van der Waals surface area contributed by atoms with E-state index in [2.05, 4.69) is 5.32 Å². The molecule has 2 amide bonds. The van der Waals surface area contributed by atoms with Gasteiger partial charge in [-0.25, -0.2) is 4.79 Å². The monoisotopic (exact) mass is 362 g/mol. The molecule has 2 aliphatic heterocycles. The first-order valence-corrected chi connectivity index (χ1v) is 9.41. The molecule has 2 saturated heterocycles. The maximum Gasteiger partial charge on any atom is 0.330 e. The number of amides is 2. The van der Waals surface area contributed by atoms with Crippen LogP contribution in [0.25, 0.3) is 0 Å². The summed E-state index contributed by atoms with van der Waals surface area (Å²) in [5, 5.41) is 2.74. The predicted molar refractivity (Wildman–Crippen MR) is 94.8 cm³/mol. The molecule has 0 spiro atoms. The maximum atomic E-state index is 12.3. The summed E-state index contributed by atoms with van der Waals surface area (Å²) in [6.07, 6.45) is 1.94. The average molecular weight is 362 g/mol. The standard InChI is InChI=1S/C18H22N2O4S/c1-18-9-7-16(22)20(18)14(12-25-18)17(23)24-11-15(21)19-10-8-13-5-3-2-4-6-13/h2-6,14H,7-12H2,1H3,(H,19,21)/t14-,18+/m0/s1. The average Bonchev–Trinajstić information content (AvgIpc) is 3.10. The van der Waals surface area contributed by atoms with Crippen molar-refractivity contribution in [3.05, 3.63) is 35.9 Å². The second-order valence-electron chi connectivity index (χ2n) is 6.46. The Kier molecular flexibility index (Phi) is 5.32. The number of fused-ring (bicyclic) bond motifs is 1. The molecule has 7 heteroatoms. The van der Waals surface area contributed by atoms with Crippen molar-refractivity contribution in [2.24, 2.45) is 0 Å². The molecule has 2 fully saturated rings. The van der Waals surface area contributed by atoms with E-state index < -0.39 is 12.0 Å². The van der Waals surface area contributed by atoms with E-state index in [1.165, 1.54) is 0 Å². The molecule has 0 bridgehead atoms. The second kappa shape index (κ2) is 7.47. The Morgan fingerprint density at radius 3 is 2.88 bits per heavy atom. The van der Waals surface area contributed by atoms with Crippen LogP contribution in [0.15, 0.2) is 30.3 Å². The van der Waals surface area contributed by atoms with Crippen LogP contribution < -0.4 is 5.32 Å². The number of ether oxygens (including phenoxy) is 1. The van der Waals surface area contributed by atoms with Crippen LogP contribution in [0.4, 0.5) is 0 Å². The molecule has 0 saturated carbocycles. The van der Waals surface area contributed by atoms with Crippen molar-refractivity contribution >= 4 is 29.5 Å². The molecule has 2 atom stereocenters. The second-order valence-corrected chi connectivity index (χ2v) is 7.96. The first-order valence-electron chi connectivity index (χ1n) is 8.43. The van der Waals surface area contributed by atoms with Gasteiger partial charge in [-0.05, 0) is 25.3 Å². The van der Waals surface area contributed by atoms with E-state index in [0.29, 0.717) is 18.7 Å². The molecule has 25 heavy (non-hydrogen) atoms. The van der Waals surface area contributed by atoms with Gasteiger partial charge in [0, 0.05) is 18.7 Å². The Morgan fingerprint density at radius 1 is 1.36 bits per heavy atom. The fourth-order valence-corrected chi connectivity index (χ4v) is 4.69. The molecule has 2 aliphatic rings. The Bertz CT molecular complexity index is 666. The lowest BCUT2D eigenvalue weighted by atomic mass is 10.1. The molecule has 6 nitrogen and oxygen atoms in total. The fraction of sp³-hybridized carbons (Fsp3) is 0.500. The summed E-state index contributed by atoms with van der Waals surface area (Å²) in [7, 11) is 0. The van der Waals surface area contributed by atoms with Crippen LogP contribution in [0.2, 0.25) is 0 Å². The Morgan fingerprint density at radius 2 is 2.12 bits per heavy atom. The summed E-state index contributed by atoms with van der Waals surface area (Å²) in [5.41, 5.74) is 1.13. The van der Waals surface area contributed by atoms with Gasteiger partial charge in [0.25, 0.3) is 5.91 Å². The highest BCUT2D eigenvalue weighted by molar-refractivity contribution is 8.01. The Balaban J connectivity index is 1.41. The van der Waals surface area contributed by atoms with Crippen molar-refractivity contribution in [3.63, 3.8) is 0 Å². The van der Waals surface area contributed by atoms with Gasteiger partial charge >= 0.3 is 5.97 Å². The third-order valence-corrected chi connectivity index (χ3v) is 6.15. The van der Waals surface area contributed by atoms with Gasteiger partial charge in [0.15, 0.2) is 6.61 Å². The highest BCUT2D eigenvalue weighted by Crippen LogP contribution is 2.47. The molecular weight excluding hydrogens is 340 g/mol. The number of hydrogen-bond acceptors (Lipinski definition) is 5. The van der Waals surface area contributed by atoms with Gasteiger partial charge in [0.05, 0.1) is 4.87 Å². The Hall–Kier alpha value is -2.02. The zero-order valence-corrected chi connectivity index (χ0v) is 15.0. The molecule has 0 unspecified atom stereocenters. The molecule has 3 rings (SSSR count). The minimum absolute atomic E-state index is 0.0123. The topological polar surface area (TPSA) is 75.7 Å². The lowest BCUT2D eigenvalue weighted by Gasteiger charge is -2.29. The highest BCUT2D eigenvalue weighted by Gasteiger charge is 2.53. The van der Waals surface area contributed by atoms with Gasteiger partial charge in [-0.1, -0.05) is 30.3 Å². The number of carbonyl (C=O) groups excluding carboxylic acids is 3. The lowest BCUT2D eigenvalue weighted by molar-refractivity contribution is -0.156. The summed E-state index contributed by atoms with van der Waals surface area (Å²) in [6, 6.07) is 9.25. The predicted octanol–water partition coefficient (Wildman–Crippen LogP) is 1.34. The zero-order chi connectivity index (χ0) is 17.9. The van der Waals surface area contributed by atoms with E-state index >= 15 is 0 Å². The number of carbonyl (C=O) groups is 3. The van der Waals surface area contributed by atoms with Crippen LogP contribution in [-0.2, 0) is 25.5 Å². The molecule has 2 heterocycles. The van der Waals surface area contributed by atoms with Crippen molar-refractivity contribution in [2.45, 2.75) is 37.1 Å². The van der Waals surface area contributed by atoms with Crippen LogP contribution in [-0.4, -0.2) is 52.5 Å². The number of esters is 1. The van der Waals surface area contributed by atoms with Gasteiger partial charge in [-0.3, -0.25) is 9.59 Å². The van der Waals surface area contributed by atoms with Crippen LogP contribution in [0.5, 0.6) is 0 Å². The number of nitrogens with one attached hydrogen (secondary N) is 1. The van der Waals surface area contributed by atoms with E-state index in [1.54, 1.807) is 16.7 Å². The van der Waals surface area contributed by atoms with Gasteiger partial charge in [-0.2, -0.15) is 0 Å². The van der Waals surface area contributed by atoms with E-state index in [4.69, 9.17) is 4.74 Å². The molecule has 1 aromatic rings. The number of benzene rings is 1. The molecule has 0 aromatic heterocycles. The minimum atomic E-state index is -0.581. The SMILES string of the molecule is C[C@@]12CCC(=O)N1[C@H](C(=O)OCC(=O)NCCc1ccccc1)CS2. The smallest absolute Gasteiger partial charge is 0.330 e. The third-order valence-electron chi connectivity index (χ3n) is 4.64. The number of thioether (sulfide) groups is 1. The van der Waals surface area contributed by atoms with Crippen molar-refractivity contribution in [1.82, 2.24) is 10.2 Å². The lowest BCUT2D eigenvalue weighted by Crippen LogP contribution is -2.47. The molecule has 1 N–H and O–H groups in total. The summed E-state index contributed by atoms with van der Waals surface area (Å²) in [4.78, 5) is 37.4. The van der Waals surface area contributed by atoms with Crippen LogP contribution in [0.1, 0.15) is 25.3 Å². The van der Waals surface area contributed by atoms with Crippen molar-refractivity contribution in [3.8, 4) is 0 Å². The van der Waals surface area contributed by atoms with Crippen LogP contribution in [0.3, 0.4) is 0 Å². The molecule has 0 radical (unpaired) electrons. The van der Waals surface area contributed by atoms with E-state index in [-0.39, 0.29) is 23.3 Å². The van der Waals surface area contributed by atoms with Gasteiger partial charge in [0.2, 0.25) is 5.91 Å². The van der Waals surface area contributed by atoms with E-state index in [1.807, 2.05) is 37.3 Å². The summed E-state index contributed by atoms with van der Waals surface area (Å²) < 4.78 is 5.13. The van der Waals surface area contributed by atoms with Crippen molar-refractivity contribution in [1.29, 1.82) is 0 Å². The van der Waals surface area contributed by atoms with Crippen LogP contribution >= 0.6 is 11.8 Å². The largest absolute Gasteiger partial charge is 0.454 e. The van der Waals surface area contributed by atoms with Crippen molar-refractivity contribution < 1.29 is 19.1 Å². The molecular formula is C18H22N2O4S. The molecule has 134 valence electrons. The van der Waals surface area contributed by atoms with Crippen molar-refractivity contribution in [2.75, 3.05) is 18.9 Å².